The Hall–Kier alpha value is -3.84. The monoisotopic (exact) mass is 477 g/mol. The normalized spacial score (nSPS) is 15.6. The van der Waals surface area contributed by atoms with Gasteiger partial charge in [0.05, 0.1) is 17.9 Å². The van der Waals surface area contributed by atoms with Crippen LogP contribution in [0.4, 0.5) is 0 Å². The van der Waals surface area contributed by atoms with Crippen molar-refractivity contribution in [3.8, 4) is 22.6 Å². The number of nitrogens with zero attached hydrogens (tertiary/aromatic N) is 6. The van der Waals surface area contributed by atoms with Crippen molar-refractivity contribution in [3.63, 3.8) is 0 Å². The Labute approximate surface area is 211 Å². The SMILES string of the molecule is Cc1cccc(-c2nc(CN([C@@H]3CCc4ccccc43)C(C)(C)C)[nH]c2-c2ccn3ncnc3c2)n1. The number of pyridine rings is 2. The molecule has 0 spiro atoms. The highest BCUT2D eigenvalue weighted by Gasteiger charge is 2.35. The molecule has 0 saturated heterocycles. The van der Waals surface area contributed by atoms with Crippen molar-refractivity contribution >= 4 is 5.65 Å². The summed E-state index contributed by atoms with van der Waals surface area (Å²) in [5, 5.41) is 4.24. The van der Waals surface area contributed by atoms with Gasteiger partial charge in [-0.25, -0.2) is 14.5 Å². The number of aryl methyl sites for hydroxylation is 2. The molecule has 1 aliphatic carbocycles. The summed E-state index contributed by atoms with van der Waals surface area (Å²) in [4.78, 5) is 20.6. The zero-order chi connectivity index (χ0) is 24.9. The molecule has 0 unspecified atom stereocenters. The van der Waals surface area contributed by atoms with Crippen LogP contribution in [0.5, 0.6) is 0 Å². The van der Waals surface area contributed by atoms with Crippen LogP contribution < -0.4 is 0 Å². The number of aromatic amines is 1. The van der Waals surface area contributed by atoms with Crippen LogP contribution in [-0.4, -0.2) is 40.0 Å². The summed E-state index contributed by atoms with van der Waals surface area (Å²) < 4.78 is 1.77. The van der Waals surface area contributed by atoms with Gasteiger partial charge >= 0.3 is 0 Å². The highest BCUT2D eigenvalue weighted by atomic mass is 15.3. The van der Waals surface area contributed by atoms with E-state index in [2.05, 4.69) is 65.0 Å². The van der Waals surface area contributed by atoms with E-state index in [0.717, 1.165) is 52.7 Å². The molecule has 4 aromatic heterocycles. The maximum Gasteiger partial charge on any atom is 0.155 e. The molecule has 1 atom stereocenters. The Morgan fingerprint density at radius 1 is 1.06 bits per heavy atom. The molecular weight excluding hydrogens is 446 g/mol. The van der Waals surface area contributed by atoms with Gasteiger partial charge in [-0.2, -0.15) is 5.10 Å². The number of H-pyrrole nitrogens is 1. The number of aromatic nitrogens is 6. The predicted octanol–water partition coefficient (Wildman–Crippen LogP) is 5.78. The smallest absolute Gasteiger partial charge is 0.155 e. The number of hydrogen-bond donors (Lipinski definition) is 1. The van der Waals surface area contributed by atoms with E-state index in [1.807, 2.05) is 43.5 Å². The molecule has 0 radical (unpaired) electrons. The first-order valence-corrected chi connectivity index (χ1v) is 12.5. The molecule has 0 aliphatic heterocycles. The second-order valence-electron chi connectivity index (χ2n) is 10.6. The van der Waals surface area contributed by atoms with Crippen molar-refractivity contribution in [1.29, 1.82) is 0 Å². The first-order chi connectivity index (χ1) is 17.4. The van der Waals surface area contributed by atoms with E-state index in [9.17, 15) is 0 Å². The first kappa shape index (κ1) is 22.6. The van der Waals surface area contributed by atoms with Gasteiger partial charge in [-0.05, 0) is 75.9 Å². The van der Waals surface area contributed by atoms with Crippen LogP contribution in [0.2, 0.25) is 0 Å². The minimum absolute atomic E-state index is 0.0305. The van der Waals surface area contributed by atoms with Crippen molar-refractivity contribution in [2.45, 2.75) is 58.7 Å². The first-order valence-electron chi connectivity index (χ1n) is 12.5. The van der Waals surface area contributed by atoms with E-state index in [-0.39, 0.29) is 5.54 Å². The molecule has 1 aromatic carbocycles. The van der Waals surface area contributed by atoms with Gasteiger partial charge in [-0.3, -0.25) is 9.88 Å². The van der Waals surface area contributed by atoms with E-state index < -0.39 is 0 Å². The van der Waals surface area contributed by atoms with Gasteiger partial charge in [0, 0.05) is 29.0 Å². The molecule has 1 N–H and O–H groups in total. The lowest BCUT2D eigenvalue weighted by Gasteiger charge is -2.40. The molecule has 36 heavy (non-hydrogen) atoms. The van der Waals surface area contributed by atoms with Crippen molar-refractivity contribution in [2.75, 3.05) is 0 Å². The van der Waals surface area contributed by atoms with Crippen LogP contribution in [0.1, 0.15) is 55.9 Å². The lowest BCUT2D eigenvalue weighted by molar-refractivity contribution is 0.0697. The summed E-state index contributed by atoms with van der Waals surface area (Å²) >= 11 is 0. The largest absolute Gasteiger partial charge is 0.340 e. The van der Waals surface area contributed by atoms with Crippen LogP contribution in [0.15, 0.2) is 67.1 Å². The summed E-state index contributed by atoms with van der Waals surface area (Å²) in [7, 11) is 0. The van der Waals surface area contributed by atoms with E-state index in [4.69, 9.17) is 9.97 Å². The highest BCUT2D eigenvalue weighted by Crippen LogP contribution is 2.40. The third-order valence-electron chi connectivity index (χ3n) is 7.11. The van der Waals surface area contributed by atoms with Gasteiger partial charge in [-0.15, -0.1) is 0 Å². The molecule has 4 heterocycles. The second kappa shape index (κ2) is 8.68. The Kier molecular flexibility index (Phi) is 5.45. The molecule has 0 fully saturated rings. The number of benzene rings is 1. The lowest BCUT2D eigenvalue weighted by Crippen LogP contribution is -2.43. The van der Waals surface area contributed by atoms with Crippen molar-refractivity contribution in [3.05, 3.63) is 89.8 Å². The quantitative estimate of drug-likeness (QED) is 0.347. The predicted molar refractivity (Wildman–Crippen MR) is 141 cm³/mol. The van der Waals surface area contributed by atoms with Crippen LogP contribution in [-0.2, 0) is 13.0 Å². The topological polar surface area (TPSA) is 75.0 Å². The minimum Gasteiger partial charge on any atom is -0.340 e. The summed E-state index contributed by atoms with van der Waals surface area (Å²) in [6.07, 6.45) is 5.75. The van der Waals surface area contributed by atoms with Gasteiger partial charge in [0.25, 0.3) is 0 Å². The highest BCUT2D eigenvalue weighted by molar-refractivity contribution is 5.78. The second-order valence-corrected chi connectivity index (χ2v) is 10.6. The Bertz CT molecular complexity index is 1540. The van der Waals surface area contributed by atoms with Crippen LogP contribution in [0, 0.1) is 6.92 Å². The molecule has 0 saturated carbocycles. The average Bonchev–Trinajstić information content (AvgIpc) is 3.59. The number of imidazole rings is 1. The number of nitrogens with one attached hydrogen (secondary N) is 1. The fraction of sp³-hybridized carbons (Fsp3) is 0.310. The third-order valence-corrected chi connectivity index (χ3v) is 7.11. The van der Waals surface area contributed by atoms with Crippen LogP contribution in [0.25, 0.3) is 28.3 Å². The zero-order valence-electron chi connectivity index (χ0n) is 21.2. The molecule has 7 heteroatoms. The molecule has 0 bridgehead atoms. The van der Waals surface area contributed by atoms with Crippen LogP contribution in [0.3, 0.4) is 0 Å². The van der Waals surface area contributed by atoms with Gasteiger partial charge in [0.1, 0.15) is 17.8 Å². The zero-order valence-corrected chi connectivity index (χ0v) is 21.2. The van der Waals surface area contributed by atoms with Crippen molar-refractivity contribution < 1.29 is 0 Å². The molecule has 7 nitrogen and oxygen atoms in total. The summed E-state index contributed by atoms with van der Waals surface area (Å²) in [6.45, 7) is 9.60. The Morgan fingerprint density at radius 2 is 1.92 bits per heavy atom. The van der Waals surface area contributed by atoms with Gasteiger partial charge in [0.2, 0.25) is 0 Å². The van der Waals surface area contributed by atoms with Crippen LogP contribution >= 0.6 is 0 Å². The van der Waals surface area contributed by atoms with Gasteiger partial charge in [-0.1, -0.05) is 30.3 Å². The van der Waals surface area contributed by atoms with Gasteiger partial charge in [0.15, 0.2) is 5.65 Å². The standard InChI is InChI=1S/C29H31N7/c1-19-8-7-11-23(32-19)28-27(21-14-15-36-26(16-21)30-18-31-36)33-25(34-28)17-35(29(2,3)4)24-13-12-20-9-5-6-10-22(20)24/h5-11,14-16,18,24H,12-13,17H2,1-4H3,(H,33,34)/t24-/m1/s1. The number of hydrogen-bond acceptors (Lipinski definition) is 5. The minimum atomic E-state index is -0.0305. The summed E-state index contributed by atoms with van der Waals surface area (Å²) in [5.74, 6) is 0.934. The molecule has 182 valence electrons. The lowest BCUT2D eigenvalue weighted by atomic mass is 9.99. The van der Waals surface area contributed by atoms with E-state index >= 15 is 0 Å². The number of fused-ring (bicyclic) bond motifs is 2. The third kappa shape index (κ3) is 4.09. The fourth-order valence-corrected chi connectivity index (χ4v) is 5.37. The molecule has 6 rings (SSSR count). The molecule has 0 amide bonds. The Balaban J connectivity index is 1.44. The fourth-order valence-electron chi connectivity index (χ4n) is 5.37. The van der Waals surface area contributed by atoms with E-state index in [1.54, 1.807) is 10.8 Å². The van der Waals surface area contributed by atoms with E-state index in [0.29, 0.717) is 12.6 Å². The molecule has 5 aromatic rings. The Morgan fingerprint density at radius 3 is 2.75 bits per heavy atom. The van der Waals surface area contributed by atoms with Gasteiger partial charge < -0.3 is 4.98 Å². The maximum atomic E-state index is 5.14. The number of rotatable bonds is 5. The maximum absolute atomic E-state index is 5.14. The summed E-state index contributed by atoms with van der Waals surface area (Å²) in [6, 6.07) is 19.4. The average molecular weight is 478 g/mol. The molecular formula is C29H31N7. The van der Waals surface area contributed by atoms with Crippen molar-refractivity contribution in [2.24, 2.45) is 0 Å². The van der Waals surface area contributed by atoms with E-state index in [1.165, 1.54) is 11.1 Å². The van der Waals surface area contributed by atoms with Crippen molar-refractivity contribution in [1.82, 2.24) is 34.4 Å². The summed E-state index contributed by atoms with van der Waals surface area (Å²) in [5.41, 5.74) is 8.33. The molecule has 1 aliphatic rings.